The lowest BCUT2D eigenvalue weighted by Gasteiger charge is -2.16. The molecule has 0 aromatic rings. The average Bonchev–Trinajstić information content (AvgIpc) is 2.82. The smallest absolute Gasteiger partial charge is 0.161 e. The van der Waals surface area contributed by atoms with E-state index in [1.54, 1.807) is 6.92 Å². The summed E-state index contributed by atoms with van der Waals surface area (Å²) in [7, 11) is 0. The highest BCUT2D eigenvalue weighted by Gasteiger charge is 2.47. The van der Waals surface area contributed by atoms with Gasteiger partial charge in [-0.05, 0) is 27.2 Å². The maximum absolute atomic E-state index is 11.0. The van der Waals surface area contributed by atoms with Gasteiger partial charge in [-0.1, -0.05) is 0 Å². The molecule has 0 saturated heterocycles. The summed E-state index contributed by atoms with van der Waals surface area (Å²) >= 11 is 0. The maximum atomic E-state index is 11.0. The lowest BCUT2D eigenvalue weighted by Crippen LogP contribution is -2.21. The molecule has 2 unspecified atom stereocenters. The van der Waals surface area contributed by atoms with Crippen molar-refractivity contribution in [2.24, 2.45) is 11.8 Å². The molecule has 0 heterocycles. The van der Waals surface area contributed by atoms with E-state index in [0.717, 1.165) is 6.42 Å². The summed E-state index contributed by atoms with van der Waals surface area (Å²) in [5, 5.41) is 0. The van der Waals surface area contributed by atoms with Crippen LogP contribution < -0.4 is 0 Å². The molecule has 1 aliphatic rings. The van der Waals surface area contributed by atoms with Gasteiger partial charge in [0.2, 0.25) is 0 Å². The standard InChI is InChI=1S/C10H18O3/c1-4-12-10(13-5-2)9-6-8(9)7(3)11/h8-10H,4-6H2,1-3H3. The summed E-state index contributed by atoms with van der Waals surface area (Å²) in [4.78, 5) is 11.0. The quantitative estimate of drug-likeness (QED) is 0.591. The molecule has 1 saturated carbocycles. The van der Waals surface area contributed by atoms with Crippen molar-refractivity contribution in [2.45, 2.75) is 33.5 Å². The fourth-order valence-corrected chi connectivity index (χ4v) is 1.61. The fraction of sp³-hybridized carbons (Fsp3) is 0.900. The van der Waals surface area contributed by atoms with Gasteiger partial charge in [0, 0.05) is 25.0 Å². The minimum atomic E-state index is -0.163. The molecule has 1 fully saturated rings. The van der Waals surface area contributed by atoms with Gasteiger partial charge >= 0.3 is 0 Å². The van der Waals surface area contributed by atoms with Crippen LogP contribution in [0.5, 0.6) is 0 Å². The van der Waals surface area contributed by atoms with Crippen molar-refractivity contribution in [3.05, 3.63) is 0 Å². The first-order valence-electron chi connectivity index (χ1n) is 4.94. The lowest BCUT2D eigenvalue weighted by atomic mass is 10.2. The molecular formula is C10H18O3. The van der Waals surface area contributed by atoms with Gasteiger partial charge in [-0.15, -0.1) is 0 Å². The van der Waals surface area contributed by atoms with E-state index in [0.29, 0.717) is 19.1 Å². The van der Waals surface area contributed by atoms with E-state index in [1.807, 2.05) is 13.8 Å². The van der Waals surface area contributed by atoms with Gasteiger partial charge in [0.15, 0.2) is 6.29 Å². The molecule has 3 heteroatoms. The number of hydrogen-bond donors (Lipinski definition) is 0. The summed E-state index contributed by atoms with van der Waals surface area (Å²) < 4.78 is 10.8. The van der Waals surface area contributed by atoms with Crippen molar-refractivity contribution in [2.75, 3.05) is 13.2 Å². The number of rotatable bonds is 6. The first-order chi connectivity index (χ1) is 6.20. The van der Waals surface area contributed by atoms with Crippen molar-refractivity contribution in [1.82, 2.24) is 0 Å². The van der Waals surface area contributed by atoms with Crippen LogP contribution in [0.1, 0.15) is 27.2 Å². The second-order valence-electron chi connectivity index (χ2n) is 3.40. The van der Waals surface area contributed by atoms with Gasteiger partial charge in [0.25, 0.3) is 0 Å². The number of Topliss-reactive ketones (excluding diaryl/α,β-unsaturated/α-hetero) is 1. The number of hydrogen-bond acceptors (Lipinski definition) is 3. The van der Waals surface area contributed by atoms with Gasteiger partial charge < -0.3 is 9.47 Å². The molecule has 1 aliphatic carbocycles. The molecule has 0 aromatic carbocycles. The lowest BCUT2D eigenvalue weighted by molar-refractivity contribution is -0.152. The Kier molecular flexibility index (Phi) is 3.88. The highest BCUT2D eigenvalue weighted by molar-refractivity contribution is 5.81. The monoisotopic (exact) mass is 186 g/mol. The highest BCUT2D eigenvalue weighted by atomic mass is 16.7. The maximum Gasteiger partial charge on any atom is 0.161 e. The van der Waals surface area contributed by atoms with Gasteiger partial charge in [-0.25, -0.2) is 0 Å². The first-order valence-corrected chi connectivity index (χ1v) is 4.94. The van der Waals surface area contributed by atoms with E-state index in [1.165, 1.54) is 0 Å². The molecule has 0 bridgehead atoms. The minimum Gasteiger partial charge on any atom is -0.353 e. The molecule has 13 heavy (non-hydrogen) atoms. The molecule has 0 N–H and O–H groups in total. The molecule has 0 amide bonds. The van der Waals surface area contributed by atoms with Crippen molar-refractivity contribution in [3.8, 4) is 0 Å². The second kappa shape index (κ2) is 4.72. The fourth-order valence-electron chi connectivity index (χ4n) is 1.61. The molecule has 2 atom stereocenters. The minimum absolute atomic E-state index is 0.163. The van der Waals surface area contributed by atoms with Crippen molar-refractivity contribution in [1.29, 1.82) is 0 Å². The molecule has 0 aromatic heterocycles. The van der Waals surface area contributed by atoms with Crippen LogP contribution in [0, 0.1) is 11.8 Å². The number of ether oxygens (including phenoxy) is 2. The number of carbonyl (C=O) groups is 1. The van der Waals surface area contributed by atoms with Crippen LogP contribution in [0.4, 0.5) is 0 Å². The van der Waals surface area contributed by atoms with Crippen LogP contribution in [-0.4, -0.2) is 25.3 Å². The van der Waals surface area contributed by atoms with Gasteiger partial charge in [-0.3, -0.25) is 4.79 Å². The van der Waals surface area contributed by atoms with E-state index >= 15 is 0 Å². The highest BCUT2D eigenvalue weighted by Crippen LogP contribution is 2.43. The van der Waals surface area contributed by atoms with Crippen molar-refractivity contribution < 1.29 is 14.3 Å². The van der Waals surface area contributed by atoms with Crippen LogP contribution in [0.15, 0.2) is 0 Å². The van der Waals surface area contributed by atoms with Crippen LogP contribution in [-0.2, 0) is 14.3 Å². The summed E-state index contributed by atoms with van der Waals surface area (Å²) in [6.45, 7) is 6.81. The Balaban J connectivity index is 2.35. The third-order valence-electron chi connectivity index (χ3n) is 2.37. The Morgan fingerprint density at radius 1 is 1.38 bits per heavy atom. The molecule has 3 nitrogen and oxygen atoms in total. The topological polar surface area (TPSA) is 35.5 Å². The van der Waals surface area contributed by atoms with Crippen molar-refractivity contribution >= 4 is 5.78 Å². The summed E-state index contributed by atoms with van der Waals surface area (Å²) in [6.07, 6.45) is 0.767. The predicted molar refractivity (Wildman–Crippen MR) is 49.3 cm³/mol. The summed E-state index contributed by atoms with van der Waals surface area (Å²) in [5.41, 5.74) is 0. The third kappa shape index (κ3) is 2.78. The summed E-state index contributed by atoms with van der Waals surface area (Å²) in [5.74, 6) is 0.745. The first kappa shape index (κ1) is 10.7. The summed E-state index contributed by atoms with van der Waals surface area (Å²) in [6, 6.07) is 0. The second-order valence-corrected chi connectivity index (χ2v) is 3.40. The Hall–Kier alpha value is -0.410. The van der Waals surface area contributed by atoms with E-state index in [4.69, 9.17) is 9.47 Å². The van der Waals surface area contributed by atoms with E-state index < -0.39 is 0 Å². The Morgan fingerprint density at radius 2 is 1.92 bits per heavy atom. The van der Waals surface area contributed by atoms with Crippen LogP contribution in [0.25, 0.3) is 0 Å². The third-order valence-corrected chi connectivity index (χ3v) is 2.37. The van der Waals surface area contributed by atoms with Gasteiger partial charge in [0.05, 0.1) is 0 Å². The largest absolute Gasteiger partial charge is 0.353 e. The van der Waals surface area contributed by atoms with E-state index in [-0.39, 0.29) is 18.0 Å². The number of ketones is 1. The Labute approximate surface area is 79.4 Å². The van der Waals surface area contributed by atoms with E-state index in [9.17, 15) is 4.79 Å². The molecule has 0 aliphatic heterocycles. The van der Waals surface area contributed by atoms with Gasteiger partial charge in [-0.2, -0.15) is 0 Å². The molecule has 1 rings (SSSR count). The normalized spacial score (nSPS) is 26.5. The number of carbonyl (C=O) groups excluding carboxylic acids is 1. The predicted octanol–water partition coefficient (Wildman–Crippen LogP) is 1.61. The van der Waals surface area contributed by atoms with E-state index in [2.05, 4.69) is 0 Å². The Morgan fingerprint density at radius 3 is 2.23 bits per heavy atom. The average molecular weight is 186 g/mol. The molecule has 0 radical (unpaired) electrons. The van der Waals surface area contributed by atoms with Gasteiger partial charge in [0.1, 0.15) is 5.78 Å². The zero-order chi connectivity index (χ0) is 9.84. The van der Waals surface area contributed by atoms with Crippen molar-refractivity contribution in [3.63, 3.8) is 0 Å². The van der Waals surface area contributed by atoms with Crippen LogP contribution in [0.3, 0.4) is 0 Å². The Bertz CT molecular complexity index is 173. The molecule has 0 spiro atoms. The zero-order valence-electron chi connectivity index (χ0n) is 8.58. The SMILES string of the molecule is CCOC(OCC)C1CC1C(C)=O. The van der Waals surface area contributed by atoms with Crippen LogP contribution in [0.2, 0.25) is 0 Å². The molecule has 76 valence electrons. The zero-order valence-corrected chi connectivity index (χ0v) is 8.58. The van der Waals surface area contributed by atoms with Crippen LogP contribution >= 0.6 is 0 Å². The molecular weight excluding hydrogens is 168 g/mol.